The number of carbonyl (C=O) groups excluding carboxylic acids is 3. The highest BCUT2D eigenvalue weighted by Gasteiger charge is 2.41. The van der Waals surface area contributed by atoms with Gasteiger partial charge in [-0.25, -0.2) is 4.79 Å². The molecule has 1 aliphatic heterocycles. The number of hydrogen-bond donors (Lipinski definition) is 1. The molecule has 1 saturated heterocycles. The Morgan fingerprint density at radius 1 is 1.29 bits per heavy atom. The van der Waals surface area contributed by atoms with E-state index >= 15 is 0 Å². The summed E-state index contributed by atoms with van der Waals surface area (Å²) in [5.41, 5.74) is 0.697. The van der Waals surface area contributed by atoms with Crippen molar-refractivity contribution in [1.82, 2.24) is 15.1 Å². The average molecular weight is 239 g/mol. The second-order valence-corrected chi connectivity index (χ2v) is 3.96. The van der Waals surface area contributed by atoms with Crippen LogP contribution in [0, 0.1) is 0 Å². The first-order chi connectivity index (χ1) is 7.99. The molecule has 0 aromatic rings. The predicted molar refractivity (Wildman–Crippen MR) is 62.2 cm³/mol. The third-order valence-electron chi connectivity index (χ3n) is 2.43. The molecule has 17 heavy (non-hydrogen) atoms. The highest BCUT2D eigenvalue weighted by Crippen LogP contribution is 2.11. The van der Waals surface area contributed by atoms with E-state index in [2.05, 4.69) is 11.9 Å². The van der Waals surface area contributed by atoms with E-state index in [0.29, 0.717) is 12.1 Å². The number of imide groups is 2. The summed E-state index contributed by atoms with van der Waals surface area (Å²) in [7, 11) is 1.29. The van der Waals surface area contributed by atoms with E-state index in [1.54, 1.807) is 0 Å². The number of carbonyl (C=O) groups is 3. The van der Waals surface area contributed by atoms with Gasteiger partial charge in [-0.3, -0.25) is 19.4 Å². The van der Waals surface area contributed by atoms with E-state index in [4.69, 9.17) is 0 Å². The third kappa shape index (κ3) is 2.91. The van der Waals surface area contributed by atoms with Gasteiger partial charge in [0.15, 0.2) is 0 Å². The van der Waals surface area contributed by atoms with Gasteiger partial charge in [-0.1, -0.05) is 13.5 Å². The topological polar surface area (TPSA) is 69.7 Å². The molecule has 1 rings (SSSR count). The number of nitrogens with zero attached hydrogens (tertiary/aromatic N) is 2. The van der Waals surface area contributed by atoms with Gasteiger partial charge in [0, 0.05) is 13.6 Å². The smallest absolute Gasteiger partial charge is 0.313 e. The van der Waals surface area contributed by atoms with Crippen LogP contribution in [0.25, 0.3) is 0 Å². The number of nitrogens with one attached hydrogen (secondary N) is 1. The standard InChI is InChI=1S/C11H17N3O3/c1-4-5-12-6-8(2)7-14-10(16)9(15)13(3)11(14)17/h12H,2,4-7H2,1,3H3. The van der Waals surface area contributed by atoms with Crippen LogP contribution in [-0.2, 0) is 9.59 Å². The van der Waals surface area contributed by atoms with Crippen LogP contribution >= 0.6 is 0 Å². The SMILES string of the molecule is C=C(CNCCC)CN1C(=O)C(=O)N(C)C1=O. The molecule has 4 amide bonds. The van der Waals surface area contributed by atoms with Gasteiger partial charge < -0.3 is 5.32 Å². The molecule has 6 nitrogen and oxygen atoms in total. The summed E-state index contributed by atoms with van der Waals surface area (Å²) < 4.78 is 0. The number of hydrogen-bond acceptors (Lipinski definition) is 4. The largest absolute Gasteiger partial charge is 0.334 e. The number of urea groups is 1. The Kier molecular flexibility index (Phi) is 4.39. The van der Waals surface area contributed by atoms with Gasteiger partial charge in [0.05, 0.1) is 6.54 Å². The first-order valence-electron chi connectivity index (χ1n) is 5.50. The summed E-state index contributed by atoms with van der Waals surface area (Å²) in [6, 6.07) is -0.586. The lowest BCUT2D eigenvalue weighted by atomic mass is 10.2. The van der Waals surface area contributed by atoms with E-state index in [9.17, 15) is 14.4 Å². The Hall–Kier alpha value is -1.69. The molecule has 0 atom stereocenters. The Morgan fingerprint density at radius 3 is 2.41 bits per heavy atom. The quantitative estimate of drug-likeness (QED) is 0.306. The first kappa shape index (κ1) is 13.4. The number of amides is 4. The van der Waals surface area contributed by atoms with Crippen molar-refractivity contribution in [3.63, 3.8) is 0 Å². The van der Waals surface area contributed by atoms with Crippen LogP contribution in [0.1, 0.15) is 13.3 Å². The normalized spacial score (nSPS) is 16.0. The molecule has 1 N–H and O–H groups in total. The van der Waals surface area contributed by atoms with E-state index in [1.807, 2.05) is 6.92 Å². The minimum absolute atomic E-state index is 0.0878. The molecule has 0 radical (unpaired) electrons. The predicted octanol–water partition coefficient (Wildman–Crippen LogP) is -0.0372. The molecule has 0 aromatic carbocycles. The summed E-state index contributed by atoms with van der Waals surface area (Å²) in [5, 5.41) is 3.11. The van der Waals surface area contributed by atoms with Crippen molar-refractivity contribution in [2.45, 2.75) is 13.3 Å². The molecular weight excluding hydrogens is 222 g/mol. The summed E-state index contributed by atoms with van der Waals surface area (Å²) in [6.07, 6.45) is 0.996. The highest BCUT2D eigenvalue weighted by molar-refractivity contribution is 6.44. The fourth-order valence-corrected chi connectivity index (χ4v) is 1.47. The maximum Gasteiger partial charge on any atom is 0.334 e. The van der Waals surface area contributed by atoms with Crippen molar-refractivity contribution in [3.8, 4) is 0 Å². The van der Waals surface area contributed by atoms with Crippen LogP contribution in [0.3, 0.4) is 0 Å². The second kappa shape index (κ2) is 5.58. The molecule has 1 fully saturated rings. The van der Waals surface area contributed by atoms with Crippen molar-refractivity contribution in [3.05, 3.63) is 12.2 Å². The highest BCUT2D eigenvalue weighted by atomic mass is 16.2. The van der Waals surface area contributed by atoms with Crippen LogP contribution in [-0.4, -0.2) is 54.3 Å². The van der Waals surface area contributed by atoms with Crippen molar-refractivity contribution in [1.29, 1.82) is 0 Å². The summed E-state index contributed by atoms with van der Waals surface area (Å²) in [6.45, 7) is 7.27. The lowest BCUT2D eigenvalue weighted by Crippen LogP contribution is -2.35. The zero-order valence-electron chi connectivity index (χ0n) is 10.2. The molecule has 0 aromatic heterocycles. The van der Waals surface area contributed by atoms with Gasteiger partial charge in [-0.05, 0) is 18.5 Å². The number of likely N-dealkylation sites (N-methyl/N-ethyl adjacent to an activating group) is 1. The zero-order chi connectivity index (χ0) is 13.0. The molecule has 6 heteroatoms. The van der Waals surface area contributed by atoms with Crippen LogP contribution in [0.4, 0.5) is 4.79 Å². The molecule has 1 aliphatic rings. The molecule has 1 heterocycles. The summed E-state index contributed by atoms with van der Waals surface area (Å²) in [4.78, 5) is 36.0. The van der Waals surface area contributed by atoms with Crippen LogP contribution in [0.2, 0.25) is 0 Å². The van der Waals surface area contributed by atoms with Gasteiger partial charge in [0.25, 0.3) is 0 Å². The fraction of sp³-hybridized carbons (Fsp3) is 0.545. The van der Waals surface area contributed by atoms with Gasteiger partial charge >= 0.3 is 17.8 Å². The zero-order valence-corrected chi connectivity index (χ0v) is 10.2. The van der Waals surface area contributed by atoms with E-state index < -0.39 is 17.8 Å². The van der Waals surface area contributed by atoms with Crippen molar-refractivity contribution in [2.75, 3.05) is 26.7 Å². The Bertz CT molecular complexity index is 365. The molecule has 0 bridgehead atoms. The first-order valence-corrected chi connectivity index (χ1v) is 5.50. The Labute approximate surface area is 100 Å². The van der Waals surface area contributed by atoms with Gasteiger partial charge in [0.2, 0.25) is 0 Å². The fourth-order valence-electron chi connectivity index (χ4n) is 1.47. The summed E-state index contributed by atoms with van der Waals surface area (Å²) >= 11 is 0. The second-order valence-electron chi connectivity index (χ2n) is 3.96. The molecular formula is C11H17N3O3. The lowest BCUT2D eigenvalue weighted by molar-refractivity contribution is -0.142. The maximum atomic E-state index is 11.5. The van der Waals surface area contributed by atoms with Gasteiger partial charge in [-0.15, -0.1) is 0 Å². The van der Waals surface area contributed by atoms with E-state index in [-0.39, 0.29) is 6.54 Å². The van der Waals surface area contributed by atoms with E-state index in [1.165, 1.54) is 7.05 Å². The number of rotatable bonds is 6. The average Bonchev–Trinajstić information content (AvgIpc) is 2.47. The van der Waals surface area contributed by atoms with Gasteiger partial charge in [0.1, 0.15) is 0 Å². The monoisotopic (exact) mass is 239 g/mol. The van der Waals surface area contributed by atoms with Crippen molar-refractivity contribution in [2.24, 2.45) is 0 Å². The molecule has 0 spiro atoms. The van der Waals surface area contributed by atoms with Crippen LogP contribution in [0.5, 0.6) is 0 Å². The minimum atomic E-state index is -0.788. The van der Waals surface area contributed by atoms with Crippen molar-refractivity contribution >= 4 is 17.8 Å². The van der Waals surface area contributed by atoms with Gasteiger partial charge in [-0.2, -0.15) is 0 Å². The molecule has 0 aliphatic carbocycles. The Balaban J connectivity index is 2.52. The molecule has 0 saturated carbocycles. The molecule has 0 unspecified atom stereocenters. The Morgan fingerprint density at radius 2 is 1.94 bits per heavy atom. The van der Waals surface area contributed by atoms with Crippen LogP contribution < -0.4 is 5.32 Å². The third-order valence-corrected chi connectivity index (χ3v) is 2.43. The summed E-state index contributed by atoms with van der Waals surface area (Å²) in [5.74, 6) is -1.57. The maximum absolute atomic E-state index is 11.5. The van der Waals surface area contributed by atoms with E-state index in [0.717, 1.165) is 22.8 Å². The lowest BCUT2D eigenvalue weighted by Gasteiger charge is -2.14. The van der Waals surface area contributed by atoms with Crippen molar-refractivity contribution < 1.29 is 14.4 Å². The van der Waals surface area contributed by atoms with Crippen LogP contribution in [0.15, 0.2) is 12.2 Å². The minimum Gasteiger partial charge on any atom is -0.313 e. The molecule has 94 valence electrons.